The Morgan fingerprint density at radius 3 is 2.64 bits per heavy atom. The van der Waals surface area contributed by atoms with Crippen LogP contribution in [0.1, 0.15) is 28.4 Å². The molecule has 4 nitrogen and oxygen atoms in total. The molecule has 0 heterocycles. The van der Waals surface area contributed by atoms with Crippen molar-refractivity contribution in [2.75, 3.05) is 6.61 Å². The van der Waals surface area contributed by atoms with Crippen molar-refractivity contribution in [3.63, 3.8) is 0 Å². The van der Waals surface area contributed by atoms with Crippen molar-refractivity contribution in [2.24, 2.45) is 0 Å². The van der Waals surface area contributed by atoms with Gasteiger partial charge in [0.1, 0.15) is 18.7 Å². The van der Waals surface area contributed by atoms with Crippen LogP contribution in [0.25, 0.3) is 0 Å². The van der Waals surface area contributed by atoms with Crippen molar-refractivity contribution in [1.82, 2.24) is 0 Å². The number of carbonyl (C=O) groups is 1. The van der Waals surface area contributed by atoms with E-state index in [1.807, 2.05) is 13.0 Å². The van der Waals surface area contributed by atoms with Crippen molar-refractivity contribution in [2.45, 2.75) is 13.5 Å². The van der Waals surface area contributed by atoms with E-state index in [1.54, 1.807) is 18.2 Å². The van der Waals surface area contributed by atoms with Crippen LogP contribution >= 0.6 is 0 Å². The van der Waals surface area contributed by atoms with Gasteiger partial charge in [-0.3, -0.25) is 4.79 Å². The first-order valence-corrected chi connectivity index (χ1v) is 6.71. The summed E-state index contributed by atoms with van der Waals surface area (Å²) >= 11 is 0. The first-order chi connectivity index (χ1) is 10.7. The summed E-state index contributed by atoms with van der Waals surface area (Å²) in [7, 11) is 0. The zero-order valence-electron chi connectivity index (χ0n) is 12.0. The zero-order chi connectivity index (χ0) is 15.9. The SMILES string of the molecule is CCOc1cc(C=O)ccc1OCc1ccc(C#N)cc1F. The highest BCUT2D eigenvalue weighted by Crippen LogP contribution is 2.29. The fourth-order valence-electron chi connectivity index (χ4n) is 1.87. The molecule has 0 aliphatic rings. The lowest BCUT2D eigenvalue weighted by Gasteiger charge is -2.12. The molecule has 0 saturated heterocycles. The normalized spacial score (nSPS) is 9.86. The molecule has 112 valence electrons. The highest BCUT2D eigenvalue weighted by molar-refractivity contribution is 5.76. The fraction of sp³-hybridized carbons (Fsp3) is 0.176. The molecular weight excluding hydrogens is 285 g/mol. The first kappa shape index (κ1) is 15.5. The van der Waals surface area contributed by atoms with Crippen molar-refractivity contribution in [3.05, 3.63) is 58.9 Å². The molecule has 2 aromatic rings. The van der Waals surface area contributed by atoms with Crippen LogP contribution in [0.15, 0.2) is 36.4 Å². The molecule has 0 saturated carbocycles. The van der Waals surface area contributed by atoms with Crippen LogP contribution in [0.3, 0.4) is 0 Å². The number of halogens is 1. The molecule has 0 amide bonds. The molecule has 2 aromatic carbocycles. The van der Waals surface area contributed by atoms with Gasteiger partial charge in [-0.2, -0.15) is 5.26 Å². The van der Waals surface area contributed by atoms with E-state index in [4.69, 9.17) is 14.7 Å². The molecule has 0 bridgehead atoms. The Morgan fingerprint density at radius 1 is 1.18 bits per heavy atom. The number of aldehydes is 1. The molecule has 0 aromatic heterocycles. The van der Waals surface area contributed by atoms with Crippen LogP contribution in [0, 0.1) is 17.1 Å². The van der Waals surface area contributed by atoms with Gasteiger partial charge in [0.05, 0.1) is 18.2 Å². The Morgan fingerprint density at radius 2 is 2.00 bits per heavy atom. The maximum absolute atomic E-state index is 13.8. The second kappa shape index (κ2) is 7.23. The number of hydrogen-bond donors (Lipinski definition) is 0. The van der Waals surface area contributed by atoms with Gasteiger partial charge in [-0.05, 0) is 37.3 Å². The first-order valence-electron chi connectivity index (χ1n) is 6.71. The van der Waals surface area contributed by atoms with Crippen molar-refractivity contribution >= 4 is 6.29 Å². The lowest BCUT2D eigenvalue weighted by atomic mass is 10.1. The maximum Gasteiger partial charge on any atom is 0.161 e. The zero-order valence-corrected chi connectivity index (χ0v) is 12.0. The lowest BCUT2D eigenvalue weighted by molar-refractivity contribution is 0.112. The smallest absolute Gasteiger partial charge is 0.161 e. The second-order valence-corrected chi connectivity index (χ2v) is 4.46. The van der Waals surface area contributed by atoms with Gasteiger partial charge in [0.2, 0.25) is 0 Å². The van der Waals surface area contributed by atoms with Gasteiger partial charge >= 0.3 is 0 Å². The topological polar surface area (TPSA) is 59.3 Å². The van der Waals surface area contributed by atoms with Crippen LogP contribution in [-0.2, 0) is 6.61 Å². The van der Waals surface area contributed by atoms with E-state index in [-0.39, 0.29) is 12.2 Å². The van der Waals surface area contributed by atoms with Crippen LogP contribution in [-0.4, -0.2) is 12.9 Å². The number of ether oxygens (including phenoxy) is 2. The average Bonchev–Trinajstić information content (AvgIpc) is 2.54. The second-order valence-electron chi connectivity index (χ2n) is 4.46. The molecule has 0 spiro atoms. The Hall–Kier alpha value is -2.87. The van der Waals surface area contributed by atoms with Gasteiger partial charge in [-0.25, -0.2) is 4.39 Å². The molecule has 0 fully saturated rings. The lowest BCUT2D eigenvalue weighted by Crippen LogP contribution is -2.02. The Labute approximate surface area is 127 Å². The molecule has 2 rings (SSSR count). The minimum absolute atomic E-state index is 0.00193. The largest absolute Gasteiger partial charge is 0.490 e. The molecule has 0 atom stereocenters. The van der Waals surface area contributed by atoms with Crippen molar-refractivity contribution < 1.29 is 18.7 Å². The van der Waals surface area contributed by atoms with Crippen molar-refractivity contribution in [3.8, 4) is 17.6 Å². The molecule has 5 heteroatoms. The fourth-order valence-corrected chi connectivity index (χ4v) is 1.87. The maximum atomic E-state index is 13.8. The summed E-state index contributed by atoms with van der Waals surface area (Å²) in [4.78, 5) is 10.8. The van der Waals surface area contributed by atoms with E-state index in [9.17, 15) is 9.18 Å². The molecule has 0 radical (unpaired) electrons. The van der Waals surface area contributed by atoms with E-state index in [2.05, 4.69) is 0 Å². The summed E-state index contributed by atoms with van der Waals surface area (Å²) < 4.78 is 24.8. The third kappa shape index (κ3) is 3.61. The predicted octanol–water partition coefficient (Wildman–Crippen LogP) is 3.49. The third-order valence-corrected chi connectivity index (χ3v) is 2.97. The highest BCUT2D eigenvalue weighted by atomic mass is 19.1. The standard InChI is InChI=1S/C17H14FNO3/c1-2-21-17-8-13(10-20)4-6-16(17)22-11-14-5-3-12(9-19)7-15(14)18/h3-8,10H,2,11H2,1H3. The van der Waals surface area contributed by atoms with Gasteiger partial charge in [-0.15, -0.1) is 0 Å². The van der Waals surface area contributed by atoms with E-state index in [0.29, 0.717) is 35.5 Å². The minimum atomic E-state index is -0.499. The summed E-state index contributed by atoms with van der Waals surface area (Å²) in [5, 5.41) is 8.71. The number of hydrogen-bond acceptors (Lipinski definition) is 4. The van der Waals surface area contributed by atoms with Crippen LogP contribution in [0.4, 0.5) is 4.39 Å². The number of rotatable bonds is 6. The van der Waals surface area contributed by atoms with Gasteiger partial charge in [0, 0.05) is 11.1 Å². The Bertz CT molecular complexity index is 722. The summed E-state index contributed by atoms with van der Waals surface area (Å²) in [5.41, 5.74) is 1.06. The van der Waals surface area contributed by atoms with Crippen LogP contribution < -0.4 is 9.47 Å². The summed E-state index contributed by atoms with van der Waals surface area (Å²) in [5.74, 6) is 0.360. The van der Waals surface area contributed by atoms with E-state index in [0.717, 1.165) is 6.07 Å². The van der Waals surface area contributed by atoms with Gasteiger partial charge < -0.3 is 9.47 Å². The minimum Gasteiger partial charge on any atom is -0.490 e. The van der Waals surface area contributed by atoms with E-state index >= 15 is 0 Å². The molecule has 0 aliphatic heterocycles. The Balaban J connectivity index is 2.17. The molecule has 0 aliphatic carbocycles. The number of nitrogens with zero attached hydrogens (tertiary/aromatic N) is 1. The summed E-state index contributed by atoms with van der Waals surface area (Å²) in [6.45, 7) is 2.24. The molecule has 0 unspecified atom stereocenters. The summed E-state index contributed by atoms with van der Waals surface area (Å²) in [6, 6.07) is 10.8. The van der Waals surface area contributed by atoms with E-state index < -0.39 is 5.82 Å². The van der Waals surface area contributed by atoms with Crippen LogP contribution in [0.2, 0.25) is 0 Å². The van der Waals surface area contributed by atoms with Gasteiger partial charge in [0.25, 0.3) is 0 Å². The molecule has 22 heavy (non-hydrogen) atoms. The average molecular weight is 299 g/mol. The van der Waals surface area contributed by atoms with Crippen LogP contribution in [0.5, 0.6) is 11.5 Å². The molecule has 0 N–H and O–H groups in total. The summed E-state index contributed by atoms with van der Waals surface area (Å²) in [6.07, 6.45) is 0.715. The predicted molar refractivity (Wildman–Crippen MR) is 78.4 cm³/mol. The van der Waals surface area contributed by atoms with E-state index in [1.165, 1.54) is 12.1 Å². The number of benzene rings is 2. The highest BCUT2D eigenvalue weighted by Gasteiger charge is 2.09. The Kier molecular flexibility index (Phi) is 5.10. The third-order valence-electron chi connectivity index (χ3n) is 2.97. The van der Waals surface area contributed by atoms with Gasteiger partial charge in [-0.1, -0.05) is 6.07 Å². The van der Waals surface area contributed by atoms with Gasteiger partial charge in [0.15, 0.2) is 11.5 Å². The molecular formula is C17H14FNO3. The monoisotopic (exact) mass is 299 g/mol. The number of nitriles is 1. The van der Waals surface area contributed by atoms with Crippen molar-refractivity contribution in [1.29, 1.82) is 5.26 Å². The quantitative estimate of drug-likeness (QED) is 0.766. The number of carbonyl (C=O) groups excluding carboxylic acids is 1.